The van der Waals surface area contributed by atoms with Gasteiger partial charge in [0.1, 0.15) is 0 Å². The molecule has 0 atom stereocenters. The van der Waals surface area contributed by atoms with Crippen LogP contribution in [-0.4, -0.2) is 42.9 Å². The van der Waals surface area contributed by atoms with Crippen LogP contribution in [0.2, 0.25) is 0 Å². The molecule has 1 N–H and O–H groups in total. The van der Waals surface area contributed by atoms with Crippen molar-refractivity contribution in [2.45, 2.75) is 32.7 Å². The zero-order valence-corrected chi connectivity index (χ0v) is 12.1. The quantitative estimate of drug-likeness (QED) is 0.830. The first-order valence-corrected chi connectivity index (χ1v) is 7.56. The maximum absolute atomic E-state index is 12.2. The summed E-state index contributed by atoms with van der Waals surface area (Å²) in [5.74, 6) is 0.272. The molecule has 0 aromatic carbocycles. The van der Waals surface area contributed by atoms with E-state index in [9.17, 15) is 4.79 Å². The number of hydrogen-bond acceptors (Lipinski definition) is 4. The van der Waals surface area contributed by atoms with Gasteiger partial charge in [0.25, 0.3) is 0 Å². The van der Waals surface area contributed by atoms with Gasteiger partial charge in [-0.3, -0.25) is 9.69 Å². The van der Waals surface area contributed by atoms with Crippen molar-refractivity contribution in [3.05, 3.63) is 21.9 Å². The molecule has 0 unspecified atom stereocenters. The van der Waals surface area contributed by atoms with Crippen molar-refractivity contribution in [3.63, 3.8) is 0 Å². The van der Waals surface area contributed by atoms with E-state index in [1.54, 1.807) is 11.3 Å². The summed E-state index contributed by atoms with van der Waals surface area (Å²) in [5.41, 5.74) is 0. The molecule has 4 heteroatoms. The fourth-order valence-electron chi connectivity index (χ4n) is 2.52. The lowest BCUT2D eigenvalue weighted by Gasteiger charge is -2.33. The molecular formula is C14H22N2OS. The van der Waals surface area contributed by atoms with E-state index >= 15 is 0 Å². The summed E-state index contributed by atoms with van der Waals surface area (Å²) in [5, 5.41) is 3.37. The zero-order valence-electron chi connectivity index (χ0n) is 11.2. The van der Waals surface area contributed by atoms with Gasteiger partial charge in [-0.2, -0.15) is 0 Å². The summed E-state index contributed by atoms with van der Waals surface area (Å²) in [6, 6.07) is 4.55. The molecule has 0 bridgehead atoms. The number of rotatable bonds is 5. The summed E-state index contributed by atoms with van der Waals surface area (Å²) in [7, 11) is 0. The minimum absolute atomic E-state index is 0.272. The lowest BCUT2D eigenvalue weighted by Crippen LogP contribution is -2.45. The second-order valence-electron chi connectivity index (χ2n) is 4.88. The van der Waals surface area contributed by atoms with Crippen LogP contribution in [0.5, 0.6) is 0 Å². The van der Waals surface area contributed by atoms with Crippen molar-refractivity contribution >= 4 is 17.1 Å². The standard InChI is InChI=1S/C14H22N2OS/c1-3-16(12-6-8-15-9-7-12)10-13(17)14-5-4-11(2)18-14/h4-5,12,15H,3,6-10H2,1-2H3. The van der Waals surface area contributed by atoms with Crippen LogP contribution in [0.3, 0.4) is 0 Å². The molecule has 1 aliphatic heterocycles. The number of thiophene rings is 1. The summed E-state index contributed by atoms with van der Waals surface area (Å²) >= 11 is 1.61. The Morgan fingerprint density at radius 3 is 2.72 bits per heavy atom. The van der Waals surface area contributed by atoms with E-state index in [0.29, 0.717) is 12.6 Å². The van der Waals surface area contributed by atoms with Gasteiger partial charge in [0.2, 0.25) is 0 Å². The zero-order chi connectivity index (χ0) is 13.0. The fraction of sp³-hybridized carbons (Fsp3) is 0.643. The number of hydrogen-bond donors (Lipinski definition) is 1. The number of ketones is 1. The predicted molar refractivity (Wildman–Crippen MR) is 76.5 cm³/mol. The number of Topliss-reactive ketones (excluding diaryl/α,β-unsaturated/α-hetero) is 1. The van der Waals surface area contributed by atoms with E-state index in [4.69, 9.17) is 0 Å². The van der Waals surface area contributed by atoms with Crippen molar-refractivity contribution in [2.75, 3.05) is 26.2 Å². The Balaban J connectivity index is 1.95. The first-order valence-electron chi connectivity index (χ1n) is 6.75. The Morgan fingerprint density at radius 1 is 1.44 bits per heavy atom. The van der Waals surface area contributed by atoms with Crippen LogP contribution < -0.4 is 5.32 Å². The summed E-state index contributed by atoms with van der Waals surface area (Å²) < 4.78 is 0. The molecule has 2 rings (SSSR count). The third-order valence-electron chi connectivity index (χ3n) is 3.59. The number of carbonyl (C=O) groups is 1. The highest BCUT2D eigenvalue weighted by molar-refractivity contribution is 7.14. The largest absolute Gasteiger partial charge is 0.317 e. The van der Waals surface area contributed by atoms with Crippen LogP contribution in [0, 0.1) is 6.92 Å². The molecule has 1 aliphatic rings. The average molecular weight is 266 g/mol. The van der Waals surface area contributed by atoms with Gasteiger partial charge in [-0.1, -0.05) is 6.92 Å². The molecular weight excluding hydrogens is 244 g/mol. The number of carbonyl (C=O) groups excluding carboxylic acids is 1. The third kappa shape index (κ3) is 3.40. The fourth-order valence-corrected chi connectivity index (χ4v) is 3.32. The molecule has 100 valence electrons. The predicted octanol–water partition coefficient (Wildman–Crippen LogP) is 2.31. The minimum Gasteiger partial charge on any atom is -0.317 e. The highest BCUT2D eigenvalue weighted by atomic mass is 32.1. The van der Waals surface area contributed by atoms with E-state index in [1.807, 2.05) is 19.1 Å². The van der Waals surface area contributed by atoms with Crippen LogP contribution in [-0.2, 0) is 0 Å². The number of aryl methyl sites for hydroxylation is 1. The summed E-state index contributed by atoms with van der Waals surface area (Å²) in [4.78, 5) is 16.7. The molecule has 0 radical (unpaired) electrons. The van der Waals surface area contributed by atoms with Crippen molar-refractivity contribution in [3.8, 4) is 0 Å². The molecule has 18 heavy (non-hydrogen) atoms. The highest BCUT2D eigenvalue weighted by Crippen LogP contribution is 2.18. The van der Waals surface area contributed by atoms with E-state index < -0.39 is 0 Å². The Kier molecular flexibility index (Phi) is 4.92. The van der Waals surface area contributed by atoms with E-state index in [-0.39, 0.29) is 5.78 Å². The molecule has 0 saturated carbocycles. The van der Waals surface area contributed by atoms with Crippen molar-refractivity contribution in [2.24, 2.45) is 0 Å². The second-order valence-corrected chi connectivity index (χ2v) is 6.17. The maximum atomic E-state index is 12.2. The van der Waals surface area contributed by atoms with Gasteiger partial charge in [0, 0.05) is 10.9 Å². The number of nitrogens with zero attached hydrogens (tertiary/aromatic N) is 1. The van der Waals surface area contributed by atoms with E-state index in [0.717, 1.165) is 37.4 Å². The Morgan fingerprint density at radius 2 is 2.17 bits per heavy atom. The molecule has 0 amide bonds. The van der Waals surface area contributed by atoms with Gasteiger partial charge >= 0.3 is 0 Å². The Hall–Kier alpha value is -0.710. The van der Waals surface area contributed by atoms with Crippen molar-refractivity contribution in [1.82, 2.24) is 10.2 Å². The lowest BCUT2D eigenvalue weighted by molar-refractivity contribution is 0.0878. The number of likely N-dealkylation sites (N-methyl/N-ethyl adjacent to an activating group) is 1. The molecule has 2 heterocycles. The number of nitrogens with one attached hydrogen (secondary N) is 1. The molecule has 1 fully saturated rings. The van der Waals surface area contributed by atoms with Crippen LogP contribution in [0.15, 0.2) is 12.1 Å². The summed E-state index contributed by atoms with van der Waals surface area (Å²) in [6.45, 7) is 7.88. The Bertz CT molecular complexity index is 396. The lowest BCUT2D eigenvalue weighted by atomic mass is 10.0. The topological polar surface area (TPSA) is 32.3 Å². The van der Waals surface area contributed by atoms with E-state index in [1.165, 1.54) is 4.88 Å². The highest BCUT2D eigenvalue weighted by Gasteiger charge is 2.22. The van der Waals surface area contributed by atoms with Crippen molar-refractivity contribution in [1.29, 1.82) is 0 Å². The first-order chi connectivity index (χ1) is 8.70. The van der Waals surface area contributed by atoms with E-state index in [2.05, 4.69) is 17.1 Å². The van der Waals surface area contributed by atoms with Crippen molar-refractivity contribution < 1.29 is 4.79 Å². The van der Waals surface area contributed by atoms with Crippen LogP contribution in [0.1, 0.15) is 34.3 Å². The third-order valence-corrected chi connectivity index (χ3v) is 4.63. The first kappa shape index (κ1) is 13.7. The molecule has 1 aromatic heterocycles. The van der Waals surface area contributed by atoms with Gasteiger partial charge in [0.15, 0.2) is 5.78 Å². The molecule has 0 spiro atoms. The molecule has 1 aromatic rings. The van der Waals surface area contributed by atoms with Gasteiger partial charge in [-0.25, -0.2) is 0 Å². The van der Waals surface area contributed by atoms with Crippen LogP contribution >= 0.6 is 11.3 Å². The molecule has 1 saturated heterocycles. The number of piperidine rings is 1. The Labute approximate surface area is 113 Å². The van der Waals surface area contributed by atoms with Crippen LogP contribution in [0.4, 0.5) is 0 Å². The molecule has 3 nitrogen and oxygen atoms in total. The van der Waals surface area contributed by atoms with Gasteiger partial charge in [0.05, 0.1) is 11.4 Å². The minimum atomic E-state index is 0.272. The average Bonchev–Trinajstić information content (AvgIpc) is 2.83. The smallest absolute Gasteiger partial charge is 0.186 e. The maximum Gasteiger partial charge on any atom is 0.186 e. The molecule has 0 aliphatic carbocycles. The van der Waals surface area contributed by atoms with Gasteiger partial charge in [-0.05, 0) is 51.5 Å². The SMILES string of the molecule is CCN(CC(=O)c1ccc(C)s1)C1CCNCC1. The summed E-state index contributed by atoms with van der Waals surface area (Å²) in [6.07, 6.45) is 2.31. The van der Waals surface area contributed by atoms with Gasteiger partial charge < -0.3 is 5.32 Å². The second kappa shape index (κ2) is 6.45. The van der Waals surface area contributed by atoms with Crippen LogP contribution in [0.25, 0.3) is 0 Å². The normalized spacial score (nSPS) is 17.3. The van der Waals surface area contributed by atoms with Gasteiger partial charge in [-0.15, -0.1) is 11.3 Å². The monoisotopic (exact) mass is 266 g/mol.